The SMILES string of the molecule is O=C(/C=C\C1C(OC(=O)c2ccccc2)CC2OC(=O)C[C@H]21)CCc1ccccc1. The fraction of sp³-hybridized carbons (Fsp3) is 0.320. The second-order valence-corrected chi connectivity index (χ2v) is 7.83. The molecule has 4 atom stereocenters. The molecule has 0 amide bonds. The summed E-state index contributed by atoms with van der Waals surface area (Å²) < 4.78 is 11.1. The van der Waals surface area contributed by atoms with Crippen molar-refractivity contribution in [3.05, 3.63) is 83.9 Å². The average Bonchev–Trinajstić information content (AvgIpc) is 3.27. The number of hydrogen-bond donors (Lipinski definition) is 0. The minimum atomic E-state index is -0.418. The number of ether oxygens (including phenoxy) is 2. The molecule has 1 aliphatic heterocycles. The molecule has 5 heteroatoms. The van der Waals surface area contributed by atoms with Gasteiger partial charge in [-0.15, -0.1) is 0 Å². The van der Waals surface area contributed by atoms with E-state index in [-0.39, 0.29) is 36.1 Å². The molecule has 0 aromatic heterocycles. The molecule has 0 spiro atoms. The first-order chi connectivity index (χ1) is 14.6. The van der Waals surface area contributed by atoms with Crippen LogP contribution in [0, 0.1) is 11.8 Å². The van der Waals surface area contributed by atoms with Crippen molar-refractivity contribution in [2.75, 3.05) is 0 Å². The van der Waals surface area contributed by atoms with Crippen LogP contribution in [0.4, 0.5) is 0 Å². The molecule has 1 heterocycles. The summed E-state index contributed by atoms with van der Waals surface area (Å²) in [4.78, 5) is 36.6. The Morgan fingerprint density at radius 3 is 2.47 bits per heavy atom. The summed E-state index contributed by atoms with van der Waals surface area (Å²) in [6.45, 7) is 0. The summed E-state index contributed by atoms with van der Waals surface area (Å²) in [5, 5.41) is 0. The van der Waals surface area contributed by atoms with E-state index in [0.717, 1.165) is 5.56 Å². The van der Waals surface area contributed by atoms with E-state index < -0.39 is 12.1 Å². The summed E-state index contributed by atoms with van der Waals surface area (Å²) in [5.41, 5.74) is 1.60. The maximum absolute atomic E-state index is 12.5. The van der Waals surface area contributed by atoms with Gasteiger partial charge in [0.2, 0.25) is 0 Å². The second kappa shape index (κ2) is 9.08. The third-order valence-corrected chi connectivity index (χ3v) is 5.83. The number of aryl methyl sites for hydroxylation is 1. The van der Waals surface area contributed by atoms with E-state index in [1.54, 1.807) is 30.3 Å². The lowest BCUT2D eigenvalue weighted by molar-refractivity contribution is -0.141. The van der Waals surface area contributed by atoms with E-state index in [1.807, 2.05) is 42.5 Å². The lowest BCUT2D eigenvalue weighted by atomic mass is 9.91. The molecule has 1 saturated heterocycles. The minimum absolute atomic E-state index is 0.0145. The number of carbonyl (C=O) groups excluding carboxylic acids is 3. The molecule has 2 aromatic rings. The van der Waals surface area contributed by atoms with Crippen LogP contribution in [0.3, 0.4) is 0 Å². The zero-order chi connectivity index (χ0) is 20.9. The topological polar surface area (TPSA) is 69.7 Å². The monoisotopic (exact) mass is 404 g/mol. The number of esters is 2. The Bertz CT molecular complexity index is 935. The third-order valence-electron chi connectivity index (χ3n) is 5.83. The highest BCUT2D eigenvalue weighted by molar-refractivity contribution is 5.90. The van der Waals surface area contributed by atoms with Crippen molar-refractivity contribution in [1.82, 2.24) is 0 Å². The number of fused-ring (bicyclic) bond motifs is 1. The molecule has 0 N–H and O–H groups in total. The molecule has 3 unspecified atom stereocenters. The molecule has 0 radical (unpaired) electrons. The Balaban J connectivity index is 1.42. The maximum atomic E-state index is 12.5. The summed E-state index contributed by atoms with van der Waals surface area (Å²) in [7, 11) is 0. The van der Waals surface area contributed by atoms with E-state index in [2.05, 4.69) is 0 Å². The summed E-state index contributed by atoms with van der Waals surface area (Å²) >= 11 is 0. The van der Waals surface area contributed by atoms with Crippen LogP contribution < -0.4 is 0 Å². The van der Waals surface area contributed by atoms with Gasteiger partial charge in [0.05, 0.1) is 12.0 Å². The van der Waals surface area contributed by atoms with Crippen molar-refractivity contribution < 1.29 is 23.9 Å². The highest BCUT2D eigenvalue weighted by Gasteiger charge is 2.50. The first-order valence-corrected chi connectivity index (χ1v) is 10.3. The number of rotatable bonds is 7. The predicted octanol–water partition coefficient (Wildman–Crippen LogP) is 3.92. The quantitative estimate of drug-likeness (QED) is 0.517. The van der Waals surface area contributed by atoms with E-state index in [0.29, 0.717) is 24.8 Å². The van der Waals surface area contributed by atoms with Crippen LogP contribution in [0.15, 0.2) is 72.8 Å². The summed E-state index contributed by atoms with van der Waals surface area (Å²) in [6, 6.07) is 18.7. The smallest absolute Gasteiger partial charge is 0.338 e. The van der Waals surface area contributed by atoms with Crippen molar-refractivity contribution in [3.63, 3.8) is 0 Å². The Morgan fingerprint density at radius 1 is 1.03 bits per heavy atom. The lowest BCUT2D eigenvalue weighted by Crippen LogP contribution is -2.25. The fourth-order valence-electron chi connectivity index (χ4n) is 4.28. The van der Waals surface area contributed by atoms with Crippen LogP contribution in [0.5, 0.6) is 0 Å². The van der Waals surface area contributed by atoms with E-state index in [1.165, 1.54) is 0 Å². The number of allylic oxidation sites excluding steroid dienone is 1. The third kappa shape index (κ3) is 4.67. The molecule has 2 fully saturated rings. The number of ketones is 1. The van der Waals surface area contributed by atoms with Gasteiger partial charge in [-0.3, -0.25) is 9.59 Å². The van der Waals surface area contributed by atoms with Crippen LogP contribution in [-0.2, 0) is 25.5 Å². The summed E-state index contributed by atoms with van der Waals surface area (Å²) in [5.74, 6) is -0.896. The van der Waals surface area contributed by atoms with Crippen LogP contribution in [-0.4, -0.2) is 29.9 Å². The highest BCUT2D eigenvalue weighted by atomic mass is 16.6. The molecular weight excluding hydrogens is 380 g/mol. The van der Waals surface area contributed by atoms with Gasteiger partial charge in [-0.05, 0) is 30.2 Å². The number of hydrogen-bond acceptors (Lipinski definition) is 5. The number of carbonyl (C=O) groups is 3. The normalized spacial score (nSPS) is 25.1. The first kappa shape index (κ1) is 20.1. The van der Waals surface area contributed by atoms with Crippen molar-refractivity contribution in [2.45, 2.75) is 37.9 Å². The maximum Gasteiger partial charge on any atom is 0.338 e. The standard InChI is InChI=1S/C25H24O5/c26-19(12-11-17-7-3-1-4-8-17)13-14-20-21-15-24(27)29-23(21)16-22(20)30-25(28)18-9-5-2-6-10-18/h1-10,13-14,20-23H,11-12,15-16H2/b14-13-/t20?,21-,22?,23?/m0/s1. The van der Waals surface area contributed by atoms with Crippen molar-refractivity contribution in [2.24, 2.45) is 11.8 Å². The molecule has 2 aromatic carbocycles. The Hall–Kier alpha value is -3.21. The zero-order valence-electron chi connectivity index (χ0n) is 16.6. The van der Waals surface area contributed by atoms with Gasteiger partial charge in [-0.25, -0.2) is 4.79 Å². The van der Waals surface area contributed by atoms with Crippen LogP contribution in [0.2, 0.25) is 0 Å². The molecule has 30 heavy (non-hydrogen) atoms. The zero-order valence-corrected chi connectivity index (χ0v) is 16.6. The van der Waals surface area contributed by atoms with Gasteiger partial charge in [-0.1, -0.05) is 54.6 Å². The van der Waals surface area contributed by atoms with Gasteiger partial charge in [0.15, 0.2) is 5.78 Å². The van der Waals surface area contributed by atoms with Gasteiger partial charge in [0, 0.05) is 24.7 Å². The van der Waals surface area contributed by atoms with Crippen molar-refractivity contribution in [1.29, 1.82) is 0 Å². The largest absolute Gasteiger partial charge is 0.462 e. The van der Waals surface area contributed by atoms with Gasteiger partial charge in [-0.2, -0.15) is 0 Å². The molecular formula is C25H24O5. The summed E-state index contributed by atoms with van der Waals surface area (Å²) in [6.07, 6.45) is 4.53. The van der Waals surface area contributed by atoms with Crippen molar-refractivity contribution >= 4 is 17.7 Å². The minimum Gasteiger partial charge on any atom is -0.462 e. The first-order valence-electron chi connectivity index (χ1n) is 10.3. The Morgan fingerprint density at radius 2 is 1.73 bits per heavy atom. The molecule has 4 rings (SSSR count). The van der Waals surface area contributed by atoms with Gasteiger partial charge in [0.1, 0.15) is 12.2 Å². The van der Waals surface area contributed by atoms with E-state index >= 15 is 0 Å². The van der Waals surface area contributed by atoms with Gasteiger partial charge in [0.25, 0.3) is 0 Å². The molecule has 1 aliphatic carbocycles. The van der Waals surface area contributed by atoms with Crippen LogP contribution in [0.25, 0.3) is 0 Å². The van der Waals surface area contributed by atoms with E-state index in [4.69, 9.17) is 9.47 Å². The van der Waals surface area contributed by atoms with E-state index in [9.17, 15) is 14.4 Å². The Kier molecular flexibility index (Phi) is 6.07. The second-order valence-electron chi connectivity index (χ2n) is 7.83. The highest BCUT2D eigenvalue weighted by Crippen LogP contribution is 2.43. The van der Waals surface area contributed by atoms with Crippen LogP contribution in [0.1, 0.15) is 35.2 Å². The molecule has 0 bridgehead atoms. The van der Waals surface area contributed by atoms with Gasteiger partial charge < -0.3 is 9.47 Å². The molecule has 5 nitrogen and oxygen atoms in total. The molecule has 154 valence electrons. The predicted molar refractivity (Wildman–Crippen MR) is 111 cm³/mol. The molecule has 1 saturated carbocycles. The van der Waals surface area contributed by atoms with Crippen LogP contribution >= 0.6 is 0 Å². The van der Waals surface area contributed by atoms with Crippen molar-refractivity contribution in [3.8, 4) is 0 Å². The Labute approximate surface area is 175 Å². The van der Waals surface area contributed by atoms with Gasteiger partial charge >= 0.3 is 11.9 Å². The average molecular weight is 404 g/mol. The molecule has 2 aliphatic rings. The lowest BCUT2D eigenvalue weighted by Gasteiger charge is -2.20. The number of benzene rings is 2. The fourth-order valence-corrected chi connectivity index (χ4v) is 4.28.